The first-order valence-corrected chi connectivity index (χ1v) is 43.8. The number of hydrogen-bond donors (Lipinski definition) is 9. The van der Waals surface area contributed by atoms with Crippen LogP contribution in [0.5, 0.6) is 0 Å². The monoisotopic (exact) mass is 1490 g/mol. The van der Waals surface area contributed by atoms with Gasteiger partial charge < -0.3 is 65.1 Å². The van der Waals surface area contributed by atoms with E-state index in [1.54, 1.807) is 6.08 Å². The highest BCUT2D eigenvalue weighted by Gasteiger charge is 2.51. The fourth-order valence-corrected chi connectivity index (χ4v) is 13.8. The van der Waals surface area contributed by atoms with Crippen LogP contribution in [0.2, 0.25) is 0 Å². The van der Waals surface area contributed by atoms with E-state index in [9.17, 15) is 45.6 Å². The minimum atomic E-state index is -1.79. The zero-order valence-electron chi connectivity index (χ0n) is 67.4. The molecule has 0 saturated carbocycles. The molecule has 0 radical (unpaired) electrons. The van der Waals surface area contributed by atoms with Gasteiger partial charge in [0, 0.05) is 6.42 Å². The maximum atomic E-state index is 13.4. The molecule has 106 heavy (non-hydrogen) atoms. The lowest BCUT2D eigenvalue weighted by Gasteiger charge is -2.46. The molecule has 612 valence electrons. The van der Waals surface area contributed by atoms with Crippen molar-refractivity contribution in [3.63, 3.8) is 0 Å². The molecule has 14 heteroatoms. The Balaban J connectivity index is 1.60. The van der Waals surface area contributed by atoms with E-state index >= 15 is 0 Å². The molecule has 2 heterocycles. The highest BCUT2D eigenvalue weighted by molar-refractivity contribution is 5.76. The summed E-state index contributed by atoms with van der Waals surface area (Å²) in [6, 6.07) is -0.927. The Kier molecular flexibility index (Phi) is 68.9. The predicted octanol–water partition coefficient (Wildman–Crippen LogP) is 21.1. The van der Waals surface area contributed by atoms with Gasteiger partial charge in [0.1, 0.15) is 48.8 Å². The van der Waals surface area contributed by atoms with E-state index in [1.807, 2.05) is 6.08 Å². The van der Waals surface area contributed by atoms with E-state index in [0.29, 0.717) is 6.42 Å². The van der Waals surface area contributed by atoms with Gasteiger partial charge in [0.05, 0.1) is 32.0 Å². The van der Waals surface area contributed by atoms with Gasteiger partial charge in [-0.3, -0.25) is 4.79 Å². The number of ether oxygens (including phenoxy) is 4. The van der Waals surface area contributed by atoms with Crippen molar-refractivity contribution < 1.29 is 64.6 Å². The van der Waals surface area contributed by atoms with Crippen LogP contribution in [-0.4, -0.2) is 140 Å². The number of rotatable bonds is 73. The quantitative estimate of drug-likeness (QED) is 0.0204. The molecular formula is C92H161NO13. The van der Waals surface area contributed by atoms with Gasteiger partial charge in [-0.05, 0) is 89.9 Å². The summed E-state index contributed by atoms with van der Waals surface area (Å²) in [6.07, 6.45) is 92.9. The second kappa shape index (κ2) is 74.2. The number of allylic oxidation sites excluding steroid dienone is 19. The smallest absolute Gasteiger partial charge is 0.220 e. The van der Waals surface area contributed by atoms with Crippen LogP contribution < -0.4 is 5.32 Å². The Morgan fingerprint density at radius 3 is 1.00 bits per heavy atom. The Bertz CT molecular complexity index is 2260. The summed E-state index contributed by atoms with van der Waals surface area (Å²) >= 11 is 0. The third-order valence-corrected chi connectivity index (χ3v) is 20.7. The zero-order valence-corrected chi connectivity index (χ0v) is 67.4. The molecule has 0 aromatic heterocycles. The van der Waals surface area contributed by atoms with Crippen LogP contribution in [-0.2, 0) is 23.7 Å². The van der Waals surface area contributed by atoms with Gasteiger partial charge in [0.15, 0.2) is 12.6 Å². The summed E-state index contributed by atoms with van der Waals surface area (Å²) in [6.45, 7) is 2.73. The third kappa shape index (κ3) is 55.7. The fraction of sp³-hybridized carbons (Fsp3) is 0.772. The molecule has 1 amide bonds. The molecule has 0 bridgehead atoms. The molecule has 12 atom stereocenters. The molecule has 2 saturated heterocycles. The second-order valence-corrected chi connectivity index (χ2v) is 30.3. The molecular weight excluding hydrogens is 1330 g/mol. The molecule has 2 aliphatic rings. The number of aliphatic hydroxyl groups excluding tert-OH is 8. The molecule has 2 fully saturated rings. The standard InChI is InChI=1S/C92H161NO13/c1-3-5-7-9-11-13-15-17-19-21-23-25-27-29-31-33-35-37-38-39-40-41-42-44-46-48-50-52-54-56-58-60-62-64-66-68-70-72-74-76-84(97)93-80(79-103-91-89(102)87(100)90(83(78-95)105-91)106-92-88(101)86(99)85(98)82(77-94)104-92)81(96)75-73-71-69-67-65-63-61-59-57-55-53-51-49-47-45-43-36-34-32-30-28-26-24-22-20-18-16-14-12-10-8-6-4-2/h5,7,11,13,17,19,23,25,29,31,35,37,39-40,42,44,48,50,73,75,80-83,85-92,94-96,98-102H,3-4,6,8-10,12,14-16,18,20-22,24,26-28,30,32-34,36,38,41,43,45-47,49,51-72,74,76-79H2,1-2H3,(H,93,97)/b7-5-,13-11-,19-17-,25-23-,31-29-,37-35-,40-39-,44-42-,50-48-,75-73+. The first kappa shape index (κ1) is 98.5. The number of hydrogen-bond acceptors (Lipinski definition) is 13. The van der Waals surface area contributed by atoms with Crippen LogP contribution in [0, 0.1) is 0 Å². The maximum Gasteiger partial charge on any atom is 0.220 e. The Labute approximate surface area is 648 Å². The Hall–Kier alpha value is -3.61. The molecule has 12 unspecified atom stereocenters. The normalized spacial score (nSPS) is 21.9. The van der Waals surface area contributed by atoms with Crippen LogP contribution in [0.1, 0.15) is 361 Å². The van der Waals surface area contributed by atoms with E-state index in [0.717, 1.165) is 103 Å². The van der Waals surface area contributed by atoms with E-state index in [-0.39, 0.29) is 18.9 Å². The number of carbonyl (C=O) groups is 1. The van der Waals surface area contributed by atoms with Gasteiger partial charge >= 0.3 is 0 Å². The van der Waals surface area contributed by atoms with Crippen molar-refractivity contribution >= 4 is 5.91 Å². The van der Waals surface area contributed by atoms with Crippen molar-refractivity contribution in [2.75, 3.05) is 19.8 Å². The topological polar surface area (TPSA) is 228 Å². The molecule has 2 rings (SSSR count). The van der Waals surface area contributed by atoms with Crippen molar-refractivity contribution in [1.82, 2.24) is 5.32 Å². The van der Waals surface area contributed by atoms with E-state index in [2.05, 4.69) is 129 Å². The summed E-state index contributed by atoms with van der Waals surface area (Å²) in [4.78, 5) is 13.4. The predicted molar refractivity (Wildman–Crippen MR) is 442 cm³/mol. The zero-order chi connectivity index (χ0) is 76.5. The Morgan fingerprint density at radius 2 is 0.651 bits per heavy atom. The molecule has 0 aromatic rings. The largest absolute Gasteiger partial charge is 0.394 e. The summed E-state index contributed by atoms with van der Waals surface area (Å²) in [5.74, 6) is -0.242. The van der Waals surface area contributed by atoms with Gasteiger partial charge in [-0.15, -0.1) is 0 Å². The van der Waals surface area contributed by atoms with Crippen LogP contribution in [0.4, 0.5) is 0 Å². The number of carbonyl (C=O) groups excluding carboxylic acids is 1. The van der Waals surface area contributed by atoms with Gasteiger partial charge in [0.2, 0.25) is 5.91 Å². The van der Waals surface area contributed by atoms with Crippen molar-refractivity contribution in [3.05, 3.63) is 122 Å². The van der Waals surface area contributed by atoms with Crippen LogP contribution in [0.25, 0.3) is 0 Å². The van der Waals surface area contributed by atoms with Crippen LogP contribution in [0.15, 0.2) is 122 Å². The highest BCUT2D eigenvalue weighted by Crippen LogP contribution is 2.30. The summed E-state index contributed by atoms with van der Waals surface area (Å²) < 4.78 is 23.0. The fourth-order valence-electron chi connectivity index (χ4n) is 13.8. The van der Waals surface area contributed by atoms with Gasteiger partial charge in [-0.2, -0.15) is 0 Å². The highest BCUT2D eigenvalue weighted by atomic mass is 16.7. The molecule has 0 aliphatic carbocycles. The molecule has 0 aromatic carbocycles. The van der Waals surface area contributed by atoms with Crippen LogP contribution >= 0.6 is 0 Å². The van der Waals surface area contributed by atoms with E-state index < -0.39 is 86.8 Å². The molecule has 0 spiro atoms. The SMILES string of the molecule is CC/C=C\C/C=C\C/C=C\C/C=C\C/C=C\C/C=C\C/C=C\C/C=C\C/C=C\CCCCCCCCCCCCCC(=O)NC(COC1OC(CO)C(OC2OC(CO)C(O)C(O)C2O)C(O)C1O)C(O)/C=C/CCCCCCCCCCCCCCCCCCCCCCCCCCCCCCCCC. The van der Waals surface area contributed by atoms with E-state index in [4.69, 9.17) is 18.9 Å². The summed E-state index contributed by atoms with van der Waals surface area (Å²) in [5.41, 5.74) is 0. The molecule has 14 nitrogen and oxygen atoms in total. The molecule has 9 N–H and O–H groups in total. The van der Waals surface area contributed by atoms with Crippen LogP contribution in [0.3, 0.4) is 0 Å². The van der Waals surface area contributed by atoms with Gasteiger partial charge in [-0.1, -0.05) is 386 Å². The van der Waals surface area contributed by atoms with Crippen molar-refractivity contribution in [1.29, 1.82) is 0 Å². The lowest BCUT2D eigenvalue weighted by molar-refractivity contribution is -0.359. The average molecular weight is 1490 g/mol. The second-order valence-electron chi connectivity index (χ2n) is 30.3. The maximum absolute atomic E-state index is 13.4. The van der Waals surface area contributed by atoms with Crippen molar-refractivity contribution in [3.8, 4) is 0 Å². The number of aliphatic hydroxyl groups is 8. The van der Waals surface area contributed by atoms with E-state index in [1.165, 1.54) is 231 Å². The average Bonchev–Trinajstić information content (AvgIpc) is 0.789. The number of amides is 1. The third-order valence-electron chi connectivity index (χ3n) is 20.7. The minimum Gasteiger partial charge on any atom is -0.394 e. The number of nitrogens with one attached hydrogen (secondary N) is 1. The Morgan fingerprint density at radius 1 is 0.349 bits per heavy atom. The van der Waals surface area contributed by atoms with Crippen molar-refractivity contribution in [2.24, 2.45) is 0 Å². The number of unbranched alkanes of at least 4 members (excludes halogenated alkanes) is 42. The lowest BCUT2D eigenvalue weighted by atomic mass is 9.97. The minimum absolute atomic E-state index is 0.242. The lowest BCUT2D eigenvalue weighted by Crippen LogP contribution is -2.65. The molecule has 2 aliphatic heterocycles. The first-order valence-electron chi connectivity index (χ1n) is 43.8. The summed E-state index contributed by atoms with van der Waals surface area (Å²) in [5, 5.41) is 87.9. The van der Waals surface area contributed by atoms with Gasteiger partial charge in [-0.25, -0.2) is 0 Å². The summed E-state index contributed by atoms with van der Waals surface area (Å²) in [7, 11) is 0. The van der Waals surface area contributed by atoms with Gasteiger partial charge in [0.25, 0.3) is 0 Å². The first-order chi connectivity index (χ1) is 52.1. The van der Waals surface area contributed by atoms with Crippen molar-refractivity contribution in [2.45, 2.75) is 434 Å².